The summed E-state index contributed by atoms with van der Waals surface area (Å²) in [5.41, 5.74) is 0.0762. The Balaban J connectivity index is 2.62. The fourth-order valence-electron chi connectivity index (χ4n) is 1.47. The van der Waals surface area contributed by atoms with Crippen LogP contribution in [0.4, 0.5) is 0 Å². The molecular weight excluding hydrogens is 164 g/mol. The zero-order valence-corrected chi connectivity index (χ0v) is 9.46. The highest BCUT2D eigenvalue weighted by atomic mass is 16.7. The molecule has 13 heavy (non-hydrogen) atoms. The van der Waals surface area contributed by atoms with Crippen molar-refractivity contribution in [2.75, 3.05) is 0 Å². The maximum Gasteiger partial charge on any atom is 0.163 e. The molecule has 1 aliphatic heterocycles. The molecule has 0 aromatic rings. The van der Waals surface area contributed by atoms with Crippen LogP contribution < -0.4 is 0 Å². The van der Waals surface area contributed by atoms with E-state index in [1.165, 1.54) is 0 Å². The molecule has 1 fully saturated rings. The molecular formula is C11H22O2. The van der Waals surface area contributed by atoms with Crippen molar-refractivity contribution in [3.8, 4) is 0 Å². The first-order valence-electron chi connectivity index (χ1n) is 5.20. The molecule has 0 aromatic carbocycles. The number of hydrogen-bond donors (Lipinski definition) is 0. The molecule has 0 unspecified atom stereocenters. The van der Waals surface area contributed by atoms with Gasteiger partial charge in [0, 0.05) is 5.41 Å². The SMILES string of the molecule is C[C@H]1CC[C@H](C)OC(C(C)(C)C)O1. The average molecular weight is 186 g/mol. The third-order valence-corrected chi connectivity index (χ3v) is 2.40. The fraction of sp³-hybridized carbons (Fsp3) is 1.00. The van der Waals surface area contributed by atoms with Crippen LogP contribution in [0.15, 0.2) is 0 Å². The summed E-state index contributed by atoms with van der Waals surface area (Å²) >= 11 is 0. The van der Waals surface area contributed by atoms with Crippen molar-refractivity contribution >= 4 is 0 Å². The van der Waals surface area contributed by atoms with Crippen LogP contribution in [0.1, 0.15) is 47.5 Å². The van der Waals surface area contributed by atoms with Gasteiger partial charge in [0.1, 0.15) is 0 Å². The zero-order valence-electron chi connectivity index (χ0n) is 9.46. The molecule has 1 rings (SSSR count). The Bertz CT molecular complexity index is 148. The van der Waals surface area contributed by atoms with Crippen molar-refractivity contribution in [3.63, 3.8) is 0 Å². The van der Waals surface area contributed by atoms with E-state index in [0.29, 0.717) is 12.2 Å². The standard InChI is InChI=1S/C11H22O2/c1-8-6-7-9(2)13-10(12-8)11(3,4)5/h8-10H,6-7H2,1-5H3/t8-,9-/m0/s1. The number of ether oxygens (including phenoxy) is 2. The van der Waals surface area contributed by atoms with Crippen molar-refractivity contribution in [2.45, 2.75) is 66.0 Å². The van der Waals surface area contributed by atoms with Gasteiger partial charge in [0.2, 0.25) is 0 Å². The summed E-state index contributed by atoms with van der Waals surface area (Å²) in [6, 6.07) is 0. The predicted octanol–water partition coefficient (Wildman–Crippen LogP) is 2.96. The van der Waals surface area contributed by atoms with Crippen LogP contribution in [0.25, 0.3) is 0 Å². The summed E-state index contributed by atoms with van der Waals surface area (Å²) < 4.78 is 11.6. The summed E-state index contributed by atoms with van der Waals surface area (Å²) in [6.07, 6.45) is 2.81. The van der Waals surface area contributed by atoms with Crippen molar-refractivity contribution in [1.29, 1.82) is 0 Å². The van der Waals surface area contributed by atoms with Crippen LogP contribution in [0.2, 0.25) is 0 Å². The van der Waals surface area contributed by atoms with Crippen molar-refractivity contribution in [1.82, 2.24) is 0 Å². The largest absolute Gasteiger partial charge is 0.349 e. The van der Waals surface area contributed by atoms with E-state index in [2.05, 4.69) is 34.6 Å². The first-order chi connectivity index (χ1) is 5.89. The normalized spacial score (nSPS) is 33.0. The van der Waals surface area contributed by atoms with E-state index < -0.39 is 0 Å². The molecule has 2 atom stereocenters. The van der Waals surface area contributed by atoms with Gasteiger partial charge in [-0.25, -0.2) is 0 Å². The highest BCUT2D eigenvalue weighted by Crippen LogP contribution is 2.29. The van der Waals surface area contributed by atoms with Crippen LogP contribution in [-0.4, -0.2) is 18.5 Å². The van der Waals surface area contributed by atoms with Crippen LogP contribution in [-0.2, 0) is 9.47 Å². The van der Waals surface area contributed by atoms with Gasteiger partial charge < -0.3 is 9.47 Å². The topological polar surface area (TPSA) is 18.5 Å². The highest BCUT2D eigenvalue weighted by Gasteiger charge is 2.31. The molecule has 2 heteroatoms. The summed E-state index contributed by atoms with van der Waals surface area (Å²) in [7, 11) is 0. The lowest BCUT2D eigenvalue weighted by molar-refractivity contribution is -0.216. The fourth-order valence-corrected chi connectivity index (χ4v) is 1.47. The van der Waals surface area contributed by atoms with Crippen LogP contribution in [0, 0.1) is 5.41 Å². The molecule has 1 heterocycles. The van der Waals surface area contributed by atoms with Gasteiger partial charge in [-0.15, -0.1) is 0 Å². The first kappa shape index (κ1) is 11.0. The Hall–Kier alpha value is -0.0800. The van der Waals surface area contributed by atoms with E-state index in [-0.39, 0.29) is 11.7 Å². The third kappa shape index (κ3) is 3.28. The molecule has 2 nitrogen and oxygen atoms in total. The maximum absolute atomic E-state index is 5.82. The minimum Gasteiger partial charge on any atom is -0.349 e. The second kappa shape index (κ2) is 3.97. The summed E-state index contributed by atoms with van der Waals surface area (Å²) in [5.74, 6) is 0. The number of rotatable bonds is 0. The van der Waals surface area contributed by atoms with E-state index >= 15 is 0 Å². The average Bonchev–Trinajstić information content (AvgIpc) is 2.12. The molecule has 0 spiro atoms. The Morgan fingerprint density at radius 3 is 1.62 bits per heavy atom. The molecule has 0 radical (unpaired) electrons. The minimum atomic E-state index is -0.0556. The Morgan fingerprint density at radius 1 is 0.923 bits per heavy atom. The molecule has 0 aliphatic carbocycles. The lowest BCUT2D eigenvalue weighted by atomic mass is 9.96. The van der Waals surface area contributed by atoms with Crippen LogP contribution >= 0.6 is 0 Å². The lowest BCUT2D eigenvalue weighted by Gasteiger charge is -2.31. The molecule has 0 amide bonds. The molecule has 1 aliphatic rings. The Kier molecular flexibility index (Phi) is 3.36. The van der Waals surface area contributed by atoms with Gasteiger partial charge in [-0.05, 0) is 26.7 Å². The molecule has 0 N–H and O–H groups in total. The van der Waals surface area contributed by atoms with E-state index in [9.17, 15) is 0 Å². The Morgan fingerprint density at radius 2 is 1.31 bits per heavy atom. The summed E-state index contributed by atoms with van der Waals surface area (Å²) in [6.45, 7) is 10.7. The Labute approximate surface area is 81.6 Å². The van der Waals surface area contributed by atoms with Crippen molar-refractivity contribution in [2.24, 2.45) is 5.41 Å². The second-order valence-corrected chi connectivity index (χ2v) is 5.17. The monoisotopic (exact) mass is 186 g/mol. The maximum atomic E-state index is 5.82. The third-order valence-electron chi connectivity index (χ3n) is 2.40. The van der Waals surface area contributed by atoms with E-state index in [0.717, 1.165) is 12.8 Å². The van der Waals surface area contributed by atoms with Gasteiger partial charge in [-0.2, -0.15) is 0 Å². The van der Waals surface area contributed by atoms with Gasteiger partial charge in [0.15, 0.2) is 6.29 Å². The minimum absolute atomic E-state index is 0.0556. The summed E-state index contributed by atoms with van der Waals surface area (Å²) in [4.78, 5) is 0. The molecule has 1 saturated heterocycles. The van der Waals surface area contributed by atoms with Gasteiger partial charge >= 0.3 is 0 Å². The van der Waals surface area contributed by atoms with E-state index in [4.69, 9.17) is 9.47 Å². The molecule has 78 valence electrons. The number of hydrogen-bond acceptors (Lipinski definition) is 2. The molecule has 0 saturated carbocycles. The molecule has 0 bridgehead atoms. The smallest absolute Gasteiger partial charge is 0.163 e. The lowest BCUT2D eigenvalue weighted by Crippen LogP contribution is -2.34. The van der Waals surface area contributed by atoms with Gasteiger partial charge in [0.25, 0.3) is 0 Å². The zero-order chi connectivity index (χ0) is 10.1. The molecule has 0 aromatic heterocycles. The van der Waals surface area contributed by atoms with Gasteiger partial charge in [-0.1, -0.05) is 20.8 Å². The second-order valence-electron chi connectivity index (χ2n) is 5.17. The van der Waals surface area contributed by atoms with Crippen molar-refractivity contribution < 1.29 is 9.47 Å². The van der Waals surface area contributed by atoms with Crippen LogP contribution in [0.5, 0.6) is 0 Å². The first-order valence-corrected chi connectivity index (χ1v) is 5.20. The van der Waals surface area contributed by atoms with Crippen molar-refractivity contribution in [3.05, 3.63) is 0 Å². The summed E-state index contributed by atoms with van der Waals surface area (Å²) in [5, 5.41) is 0. The predicted molar refractivity (Wildman–Crippen MR) is 53.6 cm³/mol. The van der Waals surface area contributed by atoms with Crippen LogP contribution in [0.3, 0.4) is 0 Å². The van der Waals surface area contributed by atoms with Gasteiger partial charge in [-0.3, -0.25) is 0 Å². The quantitative estimate of drug-likeness (QED) is 0.579. The van der Waals surface area contributed by atoms with E-state index in [1.807, 2.05) is 0 Å². The highest BCUT2D eigenvalue weighted by molar-refractivity contribution is 4.72. The van der Waals surface area contributed by atoms with Gasteiger partial charge in [0.05, 0.1) is 12.2 Å². The van der Waals surface area contributed by atoms with E-state index in [1.54, 1.807) is 0 Å².